The van der Waals surface area contributed by atoms with Gasteiger partial charge in [-0.3, -0.25) is 14.5 Å². The molecule has 0 N–H and O–H groups in total. The Hall–Kier alpha value is -1.93. The lowest BCUT2D eigenvalue weighted by Gasteiger charge is -2.33. The lowest BCUT2D eigenvalue weighted by Crippen LogP contribution is -2.40. The molecule has 2 aromatic rings. The van der Waals surface area contributed by atoms with Crippen LogP contribution in [-0.4, -0.2) is 53.3 Å². The molecule has 1 amide bonds. The number of pyridine rings is 1. The van der Waals surface area contributed by atoms with E-state index < -0.39 is 9.84 Å². The van der Waals surface area contributed by atoms with E-state index in [9.17, 15) is 13.2 Å². The van der Waals surface area contributed by atoms with Gasteiger partial charge in [0.2, 0.25) is 0 Å². The second kappa shape index (κ2) is 7.83. The van der Waals surface area contributed by atoms with Crippen LogP contribution in [0.2, 0.25) is 5.02 Å². The maximum absolute atomic E-state index is 13.2. The topological polar surface area (TPSA) is 85.2 Å². The number of likely N-dealkylation sites (tertiary alicyclic amines) is 1. The normalized spacial score (nSPS) is 17.8. The van der Waals surface area contributed by atoms with Crippen molar-refractivity contribution in [3.63, 3.8) is 0 Å². The van der Waals surface area contributed by atoms with Gasteiger partial charge in [0.05, 0.1) is 26.9 Å². The molecule has 3 rings (SSSR count). The summed E-state index contributed by atoms with van der Waals surface area (Å²) in [4.78, 5) is 19.4. The van der Waals surface area contributed by atoms with Crippen LogP contribution >= 0.6 is 11.6 Å². The number of piperidine rings is 1. The van der Waals surface area contributed by atoms with Gasteiger partial charge < -0.3 is 4.90 Å². The summed E-state index contributed by atoms with van der Waals surface area (Å²) in [7, 11) is -3.47. The van der Waals surface area contributed by atoms with Crippen molar-refractivity contribution >= 4 is 27.3 Å². The molecule has 0 radical (unpaired) electrons. The van der Waals surface area contributed by atoms with Crippen LogP contribution in [0.25, 0.3) is 0 Å². The third-order valence-electron chi connectivity index (χ3n) is 5.24. The van der Waals surface area contributed by atoms with Crippen LogP contribution in [0, 0.1) is 13.8 Å². The zero-order chi connectivity index (χ0) is 20.6. The number of hydrogen-bond donors (Lipinski definition) is 0. The molecule has 28 heavy (non-hydrogen) atoms. The number of aryl methyl sites for hydroxylation is 2. The Morgan fingerprint density at radius 3 is 2.68 bits per heavy atom. The smallest absolute Gasteiger partial charge is 0.257 e. The molecule has 0 saturated carbocycles. The van der Waals surface area contributed by atoms with E-state index in [1.54, 1.807) is 4.90 Å². The molecule has 7 nitrogen and oxygen atoms in total. The van der Waals surface area contributed by atoms with Gasteiger partial charge in [0.15, 0.2) is 9.84 Å². The van der Waals surface area contributed by atoms with Crippen LogP contribution < -0.4 is 0 Å². The zero-order valence-electron chi connectivity index (χ0n) is 16.6. The lowest BCUT2D eigenvalue weighted by molar-refractivity contribution is 0.0703. The van der Waals surface area contributed by atoms with Gasteiger partial charge in [-0.15, -0.1) is 0 Å². The van der Waals surface area contributed by atoms with Crippen molar-refractivity contribution in [1.29, 1.82) is 0 Å². The van der Waals surface area contributed by atoms with Gasteiger partial charge in [-0.2, -0.15) is 5.10 Å². The predicted octanol–water partition coefficient (Wildman–Crippen LogP) is 2.99. The fourth-order valence-corrected chi connectivity index (χ4v) is 5.05. The molecule has 152 valence electrons. The van der Waals surface area contributed by atoms with Gasteiger partial charge in [-0.25, -0.2) is 8.42 Å². The van der Waals surface area contributed by atoms with E-state index in [-0.39, 0.29) is 21.7 Å². The molecule has 2 aromatic heterocycles. The van der Waals surface area contributed by atoms with Crippen molar-refractivity contribution in [3.05, 3.63) is 39.9 Å². The molecule has 1 saturated heterocycles. The number of hydrogen-bond acceptors (Lipinski definition) is 5. The predicted molar refractivity (Wildman–Crippen MR) is 108 cm³/mol. The van der Waals surface area contributed by atoms with Gasteiger partial charge >= 0.3 is 0 Å². The third-order valence-corrected chi connectivity index (χ3v) is 6.57. The van der Waals surface area contributed by atoms with Gasteiger partial charge in [-0.05, 0) is 39.7 Å². The summed E-state index contributed by atoms with van der Waals surface area (Å²) in [6, 6.07) is 1.44. The summed E-state index contributed by atoms with van der Waals surface area (Å²) in [5, 5.41) is 4.72. The molecule has 3 heterocycles. The summed E-state index contributed by atoms with van der Waals surface area (Å²) in [6.07, 6.45) is 4.17. The molecule has 9 heteroatoms. The highest BCUT2D eigenvalue weighted by molar-refractivity contribution is 7.90. The van der Waals surface area contributed by atoms with Crippen molar-refractivity contribution in [3.8, 4) is 0 Å². The standard InChI is InChI=1S/C19H25ClN4O3S/c1-5-24-13(3)17(12(2)22-24)19(25)23-8-6-7-14(11-23)18-16(28(4,26)27)9-15(20)10-21-18/h9-10,14H,5-8,11H2,1-4H3/t14-/m1/s1. The number of carbonyl (C=O) groups excluding carboxylic acids is 1. The van der Waals surface area contributed by atoms with Crippen LogP contribution in [-0.2, 0) is 16.4 Å². The van der Waals surface area contributed by atoms with Crippen molar-refractivity contribution in [2.24, 2.45) is 0 Å². The minimum absolute atomic E-state index is 0.0609. The number of amides is 1. The second-order valence-electron chi connectivity index (χ2n) is 7.26. The Labute approximate surface area is 170 Å². The Bertz CT molecular complexity index is 1020. The van der Waals surface area contributed by atoms with Crippen LogP contribution in [0.3, 0.4) is 0 Å². The van der Waals surface area contributed by atoms with E-state index in [2.05, 4.69) is 10.1 Å². The maximum atomic E-state index is 13.2. The molecular weight excluding hydrogens is 400 g/mol. The summed E-state index contributed by atoms with van der Waals surface area (Å²) in [6.45, 7) is 7.50. The summed E-state index contributed by atoms with van der Waals surface area (Å²) >= 11 is 5.97. The van der Waals surface area contributed by atoms with Crippen LogP contribution in [0.1, 0.15) is 53.1 Å². The highest BCUT2D eigenvalue weighted by Gasteiger charge is 2.31. The highest BCUT2D eigenvalue weighted by atomic mass is 35.5. The molecule has 1 fully saturated rings. The van der Waals surface area contributed by atoms with E-state index >= 15 is 0 Å². The molecule has 0 bridgehead atoms. The Morgan fingerprint density at radius 1 is 1.36 bits per heavy atom. The average Bonchev–Trinajstić information content (AvgIpc) is 2.94. The fourth-order valence-electron chi connectivity index (χ4n) is 3.89. The number of sulfone groups is 1. The van der Waals surface area contributed by atoms with Crippen molar-refractivity contribution in [2.45, 2.75) is 51.0 Å². The third kappa shape index (κ3) is 3.93. The second-order valence-corrected chi connectivity index (χ2v) is 9.68. The first-order valence-electron chi connectivity index (χ1n) is 9.32. The quantitative estimate of drug-likeness (QED) is 0.753. The van der Waals surface area contributed by atoms with Crippen molar-refractivity contribution in [1.82, 2.24) is 19.7 Å². The van der Waals surface area contributed by atoms with Crippen LogP contribution in [0.5, 0.6) is 0 Å². The average molecular weight is 425 g/mol. The first-order valence-corrected chi connectivity index (χ1v) is 11.6. The van der Waals surface area contributed by atoms with E-state index in [1.807, 2.05) is 25.5 Å². The first kappa shape index (κ1) is 20.8. The van der Waals surface area contributed by atoms with E-state index in [0.29, 0.717) is 36.6 Å². The monoisotopic (exact) mass is 424 g/mol. The Balaban J connectivity index is 1.92. The number of rotatable bonds is 4. The number of nitrogens with zero attached hydrogens (tertiary/aromatic N) is 4. The van der Waals surface area contributed by atoms with Gasteiger partial charge in [0.1, 0.15) is 0 Å². The fraction of sp³-hybridized carbons (Fsp3) is 0.526. The van der Waals surface area contributed by atoms with Crippen LogP contribution in [0.4, 0.5) is 0 Å². The maximum Gasteiger partial charge on any atom is 0.257 e. The zero-order valence-corrected chi connectivity index (χ0v) is 18.1. The minimum atomic E-state index is -3.47. The Morgan fingerprint density at radius 2 is 2.07 bits per heavy atom. The van der Waals surface area contributed by atoms with Gasteiger partial charge in [0, 0.05) is 43.7 Å². The molecule has 1 atom stereocenters. The number of halogens is 1. The first-order chi connectivity index (χ1) is 13.1. The van der Waals surface area contributed by atoms with Crippen molar-refractivity contribution in [2.75, 3.05) is 19.3 Å². The molecule has 1 aliphatic rings. The molecule has 0 aromatic carbocycles. The largest absolute Gasteiger partial charge is 0.338 e. The minimum Gasteiger partial charge on any atom is -0.338 e. The molecule has 1 aliphatic heterocycles. The number of carbonyl (C=O) groups is 1. The Kier molecular flexibility index (Phi) is 5.82. The summed E-state index contributed by atoms with van der Waals surface area (Å²) in [5.74, 6) is -0.212. The van der Waals surface area contributed by atoms with Crippen LogP contribution in [0.15, 0.2) is 17.2 Å². The van der Waals surface area contributed by atoms with E-state index in [0.717, 1.165) is 24.8 Å². The van der Waals surface area contributed by atoms with E-state index in [4.69, 9.17) is 11.6 Å². The molecule has 0 unspecified atom stereocenters. The lowest BCUT2D eigenvalue weighted by atomic mass is 9.93. The molecule has 0 spiro atoms. The molecular formula is C19H25ClN4O3S. The van der Waals surface area contributed by atoms with Gasteiger partial charge in [-0.1, -0.05) is 11.6 Å². The summed E-state index contributed by atoms with van der Waals surface area (Å²) in [5.41, 5.74) is 2.69. The summed E-state index contributed by atoms with van der Waals surface area (Å²) < 4.78 is 26.3. The molecule has 0 aliphatic carbocycles. The van der Waals surface area contributed by atoms with Crippen molar-refractivity contribution < 1.29 is 13.2 Å². The van der Waals surface area contributed by atoms with Gasteiger partial charge in [0.25, 0.3) is 5.91 Å². The number of aromatic nitrogens is 3. The SMILES string of the molecule is CCn1nc(C)c(C(=O)N2CCC[C@@H](c3ncc(Cl)cc3S(C)(=O)=O)C2)c1C. The van der Waals surface area contributed by atoms with E-state index in [1.165, 1.54) is 12.3 Å². The highest BCUT2D eigenvalue weighted by Crippen LogP contribution is 2.32.